The molecule has 7 nitrogen and oxygen atoms in total. The first kappa shape index (κ1) is 18.7. The number of pyridine rings is 1. The van der Waals surface area contributed by atoms with Crippen LogP contribution in [0.5, 0.6) is 0 Å². The number of carbonyl (C=O) groups excluding carboxylic acids is 1. The molecule has 1 fully saturated rings. The van der Waals surface area contributed by atoms with Crippen molar-refractivity contribution in [2.24, 2.45) is 11.5 Å². The number of nitriles is 1. The molecule has 2 unspecified atom stereocenters. The van der Waals surface area contributed by atoms with Gasteiger partial charge in [-0.1, -0.05) is 25.0 Å². The van der Waals surface area contributed by atoms with Gasteiger partial charge in [-0.15, -0.1) is 0 Å². The standard InChI is InChI=1S/C20H24N6O/c1-12-5-4-6-14(9-12)24-20-15(18(23)27)10-13(11-21)19(26-20)25-17-8-3-2-7-16(17)22/h4-6,9-10,16-17H,2-3,7-8,22H2,1H3,(H2,23,27)(H2,24,25,26). The Morgan fingerprint density at radius 3 is 2.70 bits per heavy atom. The van der Waals surface area contributed by atoms with E-state index in [1.165, 1.54) is 6.07 Å². The molecule has 3 rings (SSSR count). The molecule has 1 aliphatic rings. The van der Waals surface area contributed by atoms with E-state index in [1.54, 1.807) is 0 Å². The van der Waals surface area contributed by atoms with E-state index in [4.69, 9.17) is 11.5 Å². The monoisotopic (exact) mass is 364 g/mol. The molecule has 1 aliphatic carbocycles. The Morgan fingerprint density at radius 1 is 1.26 bits per heavy atom. The lowest BCUT2D eigenvalue weighted by atomic mass is 9.91. The highest BCUT2D eigenvalue weighted by Crippen LogP contribution is 2.27. The topological polar surface area (TPSA) is 130 Å². The number of aromatic nitrogens is 1. The Labute approximate surface area is 158 Å². The molecule has 1 saturated carbocycles. The summed E-state index contributed by atoms with van der Waals surface area (Å²) in [6.45, 7) is 1.98. The molecule has 2 atom stereocenters. The SMILES string of the molecule is Cc1cccc(Nc2nc(NC3CCCCC3N)c(C#N)cc2C(N)=O)c1. The molecule has 0 spiro atoms. The molecule has 1 heterocycles. The average molecular weight is 364 g/mol. The molecule has 7 heteroatoms. The van der Waals surface area contributed by atoms with Gasteiger partial charge in [0.15, 0.2) is 0 Å². The maximum Gasteiger partial charge on any atom is 0.252 e. The lowest BCUT2D eigenvalue weighted by Crippen LogP contribution is -2.43. The molecule has 2 aromatic rings. The van der Waals surface area contributed by atoms with Gasteiger partial charge >= 0.3 is 0 Å². The fourth-order valence-corrected chi connectivity index (χ4v) is 3.37. The van der Waals surface area contributed by atoms with Crippen LogP contribution in [0, 0.1) is 18.3 Å². The van der Waals surface area contributed by atoms with Gasteiger partial charge < -0.3 is 22.1 Å². The number of benzene rings is 1. The van der Waals surface area contributed by atoms with Gasteiger partial charge in [0, 0.05) is 17.8 Å². The van der Waals surface area contributed by atoms with Crippen molar-refractivity contribution in [3.8, 4) is 6.07 Å². The molecule has 0 aliphatic heterocycles. The van der Waals surface area contributed by atoms with Gasteiger partial charge in [0.05, 0.1) is 11.1 Å². The number of hydrogen-bond acceptors (Lipinski definition) is 6. The van der Waals surface area contributed by atoms with Gasteiger partial charge in [-0.25, -0.2) is 4.98 Å². The maximum atomic E-state index is 11.9. The second-order valence-electron chi connectivity index (χ2n) is 6.95. The summed E-state index contributed by atoms with van der Waals surface area (Å²) in [7, 11) is 0. The zero-order valence-electron chi connectivity index (χ0n) is 15.3. The van der Waals surface area contributed by atoms with Crippen LogP contribution < -0.4 is 22.1 Å². The second kappa shape index (κ2) is 8.06. The lowest BCUT2D eigenvalue weighted by Gasteiger charge is -2.30. The lowest BCUT2D eigenvalue weighted by molar-refractivity contribution is 0.100. The molecule has 140 valence electrons. The normalized spacial score (nSPS) is 19.1. The molecule has 6 N–H and O–H groups in total. The van der Waals surface area contributed by atoms with Crippen molar-refractivity contribution in [1.82, 2.24) is 4.98 Å². The predicted octanol–water partition coefficient (Wildman–Crippen LogP) is 2.79. The number of nitrogens with one attached hydrogen (secondary N) is 2. The molecule has 0 radical (unpaired) electrons. The van der Waals surface area contributed by atoms with Crippen LogP contribution in [0.2, 0.25) is 0 Å². The largest absolute Gasteiger partial charge is 0.365 e. The van der Waals surface area contributed by atoms with Crippen LogP contribution in [0.3, 0.4) is 0 Å². The Balaban J connectivity index is 1.97. The van der Waals surface area contributed by atoms with Crippen LogP contribution in [0.1, 0.15) is 47.2 Å². The summed E-state index contributed by atoms with van der Waals surface area (Å²) in [6, 6.07) is 11.3. The van der Waals surface area contributed by atoms with Crippen LogP contribution in [0.4, 0.5) is 17.3 Å². The summed E-state index contributed by atoms with van der Waals surface area (Å²) in [5.74, 6) is 0.0917. The fourth-order valence-electron chi connectivity index (χ4n) is 3.37. The summed E-state index contributed by atoms with van der Waals surface area (Å²) in [5.41, 5.74) is 14.0. The number of hydrogen-bond donors (Lipinski definition) is 4. The summed E-state index contributed by atoms with van der Waals surface area (Å²) < 4.78 is 0. The average Bonchev–Trinajstić information content (AvgIpc) is 2.63. The maximum absolute atomic E-state index is 11.9. The Kier molecular flexibility index (Phi) is 5.57. The van der Waals surface area contributed by atoms with E-state index in [0.29, 0.717) is 11.6 Å². The molecule has 0 saturated heterocycles. The van der Waals surface area contributed by atoms with Crippen LogP contribution in [0.25, 0.3) is 0 Å². The first-order valence-corrected chi connectivity index (χ1v) is 9.08. The van der Waals surface area contributed by atoms with Gasteiger partial charge in [-0.2, -0.15) is 5.26 Å². The van der Waals surface area contributed by atoms with Crippen molar-refractivity contribution in [3.05, 3.63) is 47.0 Å². The molecule has 27 heavy (non-hydrogen) atoms. The minimum absolute atomic E-state index is 0.0103. The summed E-state index contributed by atoms with van der Waals surface area (Å²) >= 11 is 0. The predicted molar refractivity (Wildman–Crippen MR) is 106 cm³/mol. The summed E-state index contributed by atoms with van der Waals surface area (Å²) in [4.78, 5) is 16.4. The van der Waals surface area contributed by atoms with Gasteiger partial charge in [-0.05, 0) is 43.5 Å². The number of rotatable bonds is 5. The van der Waals surface area contributed by atoms with Crippen LogP contribution in [-0.4, -0.2) is 23.0 Å². The Bertz CT molecular complexity index is 889. The Morgan fingerprint density at radius 2 is 2.04 bits per heavy atom. The van der Waals surface area contributed by atoms with Crippen molar-refractivity contribution in [1.29, 1.82) is 5.26 Å². The van der Waals surface area contributed by atoms with E-state index < -0.39 is 5.91 Å². The minimum atomic E-state index is -0.643. The van der Waals surface area contributed by atoms with Gasteiger partial charge in [0.25, 0.3) is 5.91 Å². The first-order valence-electron chi connectivity index (χ1n) is 9.08. The molecule has 1 aromatic carbocycles. The van der Waals surface area contributed by atoms with E-state index in [9.17, 15) is 10.1 Å². The van der Waals surface area contributed by atoms with Crippen molar-refractivity contribution in [2.45, 2.75) is 44.7 Å². The fraction of sp³-hybridized carbons (Fsp3) is 0.350. The van der Waals surface area contributed by atoms with Crippen molar-refractivity contribution >= 4 is 23.2 Å². The highest BCUT2D eigenvalue weighted by molar-refractivity contribution is 5.99. The van der Waals surface area contributed by atoms with E-state index >= 15 is 0 Å². The third kappa shape index (κ3) is 4.36. The van der Waals surface area contributed by atoms with E-state index in [1.807, 2.05) is 31.2 Å². The smallest absolute Gasteiger partial charge is 0.252 e. The zero-order valence-corrected chi connectivity index (χ0v) is 15.3. The van der Waals surface area contributed by atoms with Crippen LogP contribution >= 0.6 is 0 Å². The number of amides is 1. The summed E-state index contributed by atoms with van der Waals surface area (Å²) in [6.07, 6.45) is 4.05. The number of nitrogens with two attached hydrogens (primary N) is 2. The molecule has 0 bridgehead atoms. The highest BCUT2D eigenvalue weighted by atomic mass is 16.1. The van der Waals surface area contributed by atoms with E-state index in [2.05, 4.69) is 21.7 Å². The molecule has 1 amide bonds. The van der Waals surface area contributed by atoms with E-state index in [0.717, 1.165) is 36.9 Å². The quantitative estimate of drug-likeness (QED) is 0.645. The zero-order chi connectivity index (χ0) is 19.4. The first-order chi connectivity index (χ1) is 13.0. The van der Waals surface area contributed by atoms with E-state index in [-0.39, 0.29) is 23.2 Å². The van der Waals surface area contributed by atoms with Crippen molar-refractivity contribution in [3.63, 3.8) is 0 Å². The molecular weight excluding hydrogens is 340 g/mol. The Hall–Kier alpha value is -3.11. The number of carbonyl (C=O) groups is 1. The molecule has 1 aromatic heterocycles. The van der Waals surface area contributed by atoms with Crippen LogP contribution in [0.15, 0.2) is 30.3 Å². The minimum Gasteiger partial charge on any atom is -0.365 e. The molecular formula is C20H24N6O. The van der Waals surface area contributed by atoms with Gasteiger partial charge in [0.2, 0.25) is 0 Å². The third-order valence-corrected chi connectivity index (χ3v) is 4.83. The highest BCUT2D eigenvalue weighted by Gasteiger charge is 2.24. The van der Waals surface area contributed by atoms with Crippen molar-refractivity contribution < 1.29 is 4.79 Å². The second-order valence-corrected chi connectivity index (χ2v) is 6.95. The number of nitrogens with zero attached hydrogens (tertiary/aromatic N) is 2. The van der Waals surface area contributed by atoms with Crippen LogP contribution in [-0.2, 0) is 0 Å². The van der Waals surface area contributed by atoms with Crippen molar-refractivity contribution in [2.75, 3.05) is 10.6 Å². The summed E-state index contributed by atoms with van der Waals surface area (Å²) in [5, 5.41) is 15.9. The number of aryl methyl sites for hydroxylation is 1. The third-order valence-electron chi connectivity index (χ3n) is 4.83. The van der Waals surface area contributed by atoms with Gasteiger partial charge in [-0.3, -0.25) is 4.79 Å². The number of anilines is 3. The number of primary amides is 1. The van der Waals surface area contributed by atoms with Gasteiger partial charge in [0.1, 0.15) is 17.7 Å².